The molecule has 0 unspecified atom stereocenters. The van der Waals surface area contributed by atoms with Crippen molar-refractivity contribution in [3.8, 4) is 11.1 Å². The van der Waals surface area contributed by atoms with Crippen LogP contribution in [-0.2, 0) is 21.2 Å². The van der Waals surface area contributed by atoms with Gasteiger partial charge < -0.3 is 10.0 Å². The van der Waals surface area contributed by atoms with Gasteiger partial charge in [0.1, 0.15) is 4.90 Å². The van der Waals surface area contributed by atoms with Gasteiger partial charge in [-0.25, -0.2) is 13.2 Å². The first-order chi connectivity index (χ1) is 15.2. The summed E-state index contributed by atoms with van der Waals surface area (Å²) in [5.41, 5.74) is 2.68. The number of hydrogen-bond donors (Lipinski definition) is 2. The maximum atomic E-state index is 13.3. The molecule has 7 nitrogen and oxygen atoms in total. The van der Waals surface area contributed by atoms with E-state index in [2.05, 4.69) is 20.7 Å². The fourth-order valence-corrected chi connectivity index (χ4v) is 5.93. The van der Waals surface area contributed by atoms with E-state index in [1.54, 1.807) is 12.1 Å². The third-order valence-corrected chi connectivity index (χ3v) is 7.62. The van der Waals surface area contributed by atoms with Crippen LogP contribution in [0.3, 0.4) is 0 Å². The van der Waals surface area contributed by atoms with Crippen molar-refractivity contribution in [3.63, 3.8) is 0 Å². The standard InChI is InChI=1S/C23H19BrN2O5S/c1-14(27)26-10-9-17-11-19(24)22(13-21(17)26)32(30,31)25-20-12-16(7-8-18(20)23(28)29)15-5-3-2-4-6-15/h2-8,11-13,25H,9-10H2,1H3,(H,28,29). The molecule has 1 amide bonds. The topological polar surface area (TPSA) is 104 Å². The first kappa shape index (κ1) is 22.0. The number of rotatable bonds is 5. The Morgan fingerprint density at radius 1 is 1.03 bits per heavy atom. The monoisotopic (exact) mass is 514 g/mol. The summed E-state index contributed by atoms with van der Waals surface area (Å²) in [7, 11) is -4.17. The summed E-state index contributed by atoms with van der Waals surface area (Å²) in [6, 6.07) is 16.9. The number of nitrogens with zero attached hydrogens (tertiary/aromatic N) is 1. The molecule has 0 atom stereocenters. The third kappa shape index (κ3) is 4.13. The van der Waals surface area contributed by atoms with Crippen molar-refractivity contribution in [2.45, 2.75) is 18.2 Å². The molecule has 3 aromatic carbocycles. The van der Waals surface area contributed by atoms with Crippen LogP contribution in [0.2, 0.25) is 0 Å². The van der Waals surface area contributed by atoms with Gasteiger partial charge in [-0.2, -0.15) is 0 Å². The lowest BCUT2D eigenvalue weighted by atomic mass is 10.0. The van der Waals surface area contributed by atoms with Crippen LogP contribution in [-0.4, -0.2) is 31.9 Å². The summed E-state index contributed by atoms with van der Waals surface area (Å²) in [4.78, 5) is 25.1. The summed E-state index contributed by atoms with van der Waals surface area (Å²) < 4.78 is 29.3. The number of hydrogen-bond acceptors (Lipinski definition) is 4. The molecule has 1 aliphatic rings. The number of aromatic carboxylic acids is 1. The normalized spacial score (nSPS) is 13.0. The Morgan fingerprint density at radius 3 is 2.41 bits per heavy atom. The van der Waals surface area contributed by atoms with Gasteiger partial charge in [0.2, 0.25) is 5.91 Å². The molecule has 32 heavy (non-hydrogen) atoms. The van der Waals surface area contributed by atoms with E-state index in [0.29, 0.717) is 28.7 Å². The van der Waals surface area contributed by atoms with Crippen LogP contribution in [0.1, 0.15) is 22.8 Å². The zero-order valence-electron chi connectivity index (χ0n) is 17.0. The van der Waals surface area contributed by atoms with Crippen molar-refractivity contribution in [2.24, 2.45) is 0 Å². The number of amides is 1. The van der Waals surface area contributed by atoms with Crippen molar-refractivity contribution in [2.75, 3.05) is 16.2 Å². The molecule has 4 rings (SSSR count). The van der Waals surface area contributed by atoms with Crippen LogP contribution in [0.15, 0.2) is 70.0 Å². The number of sulfonamides is 1. The molecular formula is C23H19BrN2O5S. The van der Waals surface area contributed by atoms with Crippen molar-refractivity contribution in [1.82, 2.24) is 0 Å². The minimum atomic E-state index is -4.17. The van der Waals surface area contributed by atoms with E-state index in [0.717, 1.165) is 11.1 Å². The maximum absolute atomic E-state index is 13.3. The van der Waals surface area contributed by atoms with Gasteiger partial charge in [0.25, 0.3) is 10.0 Å². The van der Waals surface area contributed by atoms with Gasteiger partial charge >= 0.3 is 5.97 Å². The number of carbonyl (C=O) groups is 2. The molecule has 2 N–H and O–H groups in total. The molecule has 0 bridgehead atoms. The lowest BCUT2D eigenvalue weighted by molar-refractivity contribution is -0.116. The number of fused-ring (bicyclic) bond motifs is 1. The molecule has 0 aromatic heterocycles. The molecule has 1 heterocycles. The molecule has 0 saturated heterocycles. The number of halogens is 1. The highest BCUT2D eigenvalue weighted by Crippen LogP contribution is 2.36. The van der Waals surface area contributed by atoms with E-state index in [9.17, 15) is 23.1 Å². The van der Waals surface area contributed by atoms with E-state index < -0.39 is 16.0 Å². The van der Waals surface area contributed by atoms with Crippen LogP contribution < -0.4 is 9.62 Å². The van der Waals surface area contributed by atoms with Crippen molar-refractivity contribution >= 4 is 49.2 Å². The predicted octanol–water partition coefficient (Wildman–Crippen LogP) is 4.52. The summed E-state index contributed by atoms with van der Waals surface area (Å²) in [6.45, 7) is 1.91. The molecule has 0 radical (unpaired) electrons. The Morgan fingerprint density at radius 2 is 1.75 bits per heavy atom. The Kier molecular flexibility index (Phi) is 5.79. The number of carbonyl (C=O) groups excluding carboxylic acids is 1. The summed E-state index contributed by atoms with van der Waals surface area (Å²) in [5, 5.41) is 9.58. The number of benzene rings is 3. The quantitative estimate of drug-likeness (QED) is 0.520. The highest BCUT2D eigenvalue weighted by Gasteiger charge is 2.28. The lowest BCUT2D eigenvalue weighted by Crippen LogP contribution is -2.26. The number of anilines is 2. The highest BCUT2D eigenvalue weighted by atomic mass is 79.9. The number of carboxylic acids is 1. The number of nitrogens with one attached hydrogen (secondary N) is 1. The Balaban J connectivity index is 1.78. The fraction of sp³-hybridized carbons (Fsp3) is 0.130. The van der Waals surface area contributed by atoms with Gasteiger partial charge in [0.15, 0.2) is 0 Å². The molecule has 9 heteroatoms. The molecule has 1 aliphatic heterocycles. The molecule has 164 valence electrons. The van der Waals surface area contributed by atoms with Crippen LogP contribution in [0.4, 0.5) is 11.4 Å². The summed E-state index contributed by atoms with van der Waals surface area (Å²) in [5.74, 6) is -1.43. The third-order valence-electron chi connectivity index (χ3n) is 5.30. The minimum Gasteiger partial charge on any atom is -0.478 e. The van der Waals surface area contributed by atoms with Crippen molar-refractivity contribution in [1.29, 1.82) is 0 Å². The van der Waals surface area contributed by atoms with Crippen LogP contribution >= 0.6 is 15.9 Å². The summed E-state index contributed by atoms with van der Waals surface area (Å²) >= 11 is 3.32. The second-order valence-electron chi connectivity index (χ2n) is 7.37. The van der Waals surface area contributed by atoms with Crippen molar-refractivity contribution < 1.29 is 23.1 Å². The van der Waals surface area contributed by atoms with Gasteiger partial charge in [-0.15, -0.1) is 0 Å². The maximum Gasteiger partial charge on any atom is 0.337 e. The van der Waals surface area contributed by atoms with E-state index in [4.69, 9.17) is 0 Å². The molecule has 0 aliphatic carbocycles. The Hall–Kier alpha value is -3.17. The Bertz CT molecular complexity index is 1340. The minimum absolute atomic E-state index is 0.0466. The van der Waals surface area contributed by atoms with Crippen molar-refractivity contribution in [3.05, 3.63) is 76.3 Å². The average molecular weight is 515 g/mol. The largest absolute Gasteiger partial charge is 0.478 e. The Labute approximate surface area is 193 Å². The zero-order chi connectivity index (χ0) is 23.0. The van der Waals surface area contributed by atoms with E-state index in [1.807, 2.05) is 30.3 Å². The second kappa shape index (κ2) is 8.40. The first-order valence-corrected chi connectivity index (χ1v) is 12.0. The zero-order valence-corrected chi connectivity index (χ0v) is 19.4. The van der Waals surface area contributed by atoms with Gasteiger partial charge in [-0.3, -0.25) is 9.52 Å². The summed E-state index contributed by atoms with van der Waals surface area (Å²) in [6.07, 6.45) is 0.629. The van der Waals surface area contributed by atoms with E-state index >= 15 is 0 Å². The molecular weight excluding hydrogens is 496 g/mol. The van der Waals surface area contributed by atoms with Gasteiger partial charge in [0.05, 0.1) is 11.3 Å². The molecule has 0 spiro atoms. The molecule has 0 fully saturated rings. The van der Waals surface area contributed by atoms with Gasteiger partial charge in [-0.05, 0) is 63.3 Å². The molecule has 0 saturated carbocycles. The van der Waals surface area contributed by atoms with Crippen LogP contribution in [0.5, 0.6) is 0 Å². The number of carboxylic acid groups (broad SMARTS) is 1. The van der Waals surface area contributed by atoms with Crippen LogP contribution in [0, 0.1) is 0 Å². The van der Waals surface area contributed by atoms with Gasteiger partial charge in [0, 0.05) is 23.6 Å². The van der Waals surface area contributed by atoms with E-state index in [1.165, 1.54) is 30.0 Å². The fourth-order valence-electron chi connectivity index (χ4n) is 3.75. The van der Waals surface area contributed by atoms with Crippen LogP contribution in [0.25, 0.3) is 11.1 Å². The average Bonchev–Trinajstić information content (AvgIpc) is 3.16. The highest BCUT2D eigenvalue weighted by molar-refractivity contribution is 9.10. The second-order valence-corrected chi connectivity index (χ2v) is 9.87. The SMILES string of the molecule is CC(=O)N1CCc2cc(Br)c(S(=O)(=O)Nc3cc(-c4ccccc4)ccc3C(=O)O)cc21. The smallest absolute Gasteiger partial charge is 0.337 e. The lowest BCUT2D eigenvalue weighted by Gasteiger charge is -2.18. The van der Waals surface area contributed by atoms with E-state index in [-0.39, 0.29) is 22.1 Å². The predicted molar refractivity (Wildman–Crippen MR) is 126 cm³/mol. The molecule has 3 aromatic rings. The van der Waals surface area contributed by atoms with Gasteiger partial charge in [-0.1, -0.05) is 36.4 Å². The first-order valence-electron chi connectivity index (χ1n) is 9.73.